The minimum Gasteiger partial charge on any atom is -0.512 e. The van der Waals surface area contributed by atoms with Crippen molar-refractivity contribution in [2.45, 2.75) is 71.3 Å². The Labute approximate surface area is 186 Å². The minimum absolute atomic E-state index is 0.153. The van der Waals surface area contributed by atoms with E-state index in [0.29, 0.717) is 24.1 Å². The van der Waals surface area contributed by atoms with Gasteiger partial charge in [0.05, 0.1) is 5.57 Å². The van der Waals surface area contributed by atoms with E-state index < -0.39 is 11.6 Å². The summed E-state index contributed by atoms with van der Waals surface area (Å²) in [6.07, 6.45) is 3.44. The fourth-order valence-electron chi connectivity index (χ4n) is 4.80. The van der Waals surface area contributed by atoms with E-state index in [9.17, 15) is 9.90 Å². The number of nitrogens with two attached hydrogens (primary N) is 1. The molecule has 0 saturated heterocycles. The highest BCUT2D eigenvalue weighted by atomic mass is 16.6. The smallest absolute Gasteiger partial charge is 0.338 e. The van der Waals surface area contributed by atoms with Crippen molar-refractivity contribution >= 4 is 11.7 Å². The molecule has 0 unspecified atom stereocenters. The van der Waals surface area contributed by atoms with Crippen molar-refractivity contribution in [3.05, 3.63) is 77.1 Å². The van der Waals surface area contributed by atoms with Crippen molar-refractivity contribution in [2.24, 2.45) is 5.41 Å². The molecule has 0 aliphatic carbocycles. The first-order valence-corrected chi connectivity index (χ1v) is 11.2. The summed E-state index contributed by atoms with van der Waals surface area (Å²) in [6.45, 7) is 8.28. The Balaban J connectivity index is 1.96. The van der Waals surface area contributed by atoms with Gasteiger partial charge in [-0.3, -0.25) is 0 Å². The van der Waals surface area contributed by atoms with Crippen LogP contribution < -0.4 is 5.73 Å². The molecule has 31 heavy (non-hydrogen) atoms. The van der Waals surface area contributed by atoms with Gasteiger partial charge in [-0.15, -0.1) is 0 Å². The fourth-order valence-corrected chi connectivity index (χ4v) is 4.80. The second kappa shape index (κ2) is 9.17. The zero-order chi connectivity index (χ0) is 22.6. The number of carbonyl (C=O) groups is 1. The molecule has 2 aromatic rings. The highest BCUT2D eigenvalue weighted by Crippen LogP contribution is 2.47. The zero-order valence-corrected chi connectivity index (χ0v) is 19.2. The largest absolute Gasteiger partial charge is 0.512 e. The van der Waals surface area contributed by atoms with Crippen LogP contribution in [0, 0.1) is 5.41 Å². The molecule has 1 heterocycles. The van der Waals surface area contributed by atoms with Gasteiger partial charge in [0.2, 0.25) is 0 Å². The van der Waals surface area contributed by atoms with Gasteiger partial charge in [0.25, 0.3) is 0 Å². The highest BCUT2D eigenvalue weighted by molar-refractivity contribution is 5.92. The van der Waals surface area contributed by atoms with Gasteiger partial charge in [0, 0.05) is 18.0 Å². The average Bonchev–Trinajstić information content (AvgIpc) is 2.69. The first-order chi connectivity index (χ1) is 14.6. The third kappa shape index (κ3) is 5.30. The summed E-state index contributed by atoms with van der Waals surface area (Å²) < 4.78 is 6.16. The maximum absolute atomic E-state index is 13.4. The lowest BCUT2D eigenvalue weighted by molar-refractivity contribution is -0.161. The second-order valence-corrected chi connectivity index (χ2v) is 9.81. The predicted molar refractivity (Wildman–Crippen MR) is 126 cm³/mol. The molecule has 0 radical (unpaired) electrons. The number of ether oxygens (including phenoxy) is 1. The van der Waals surface area contributed by atoms with Crippen LogP contribution in [-0.4, -0.2) is 16.7 Å². The summed E-state index contributed by atoms with van der Waals surface area (Å²) in [5.74, 6) is -0.565. The summed E-state index contributed by atoms with van der Waals surface area (Å²) in [5, 5.41) is 11.2. The molecule has 0 aromatic heterocycles. The maximum Gasteiger partial charge on any atom is 0.338 e. The molecule has 2 atom stereocenters. The van der Waals surface area contributed by atoms with E-state index in [1.54, 1.807) is 0 Å². The van der Waals surface area contributed by atoms with E-state index in [0.717, 1.165) is 24.8 Å². The third-order valence-electron chi connectivity index (χ3n) is 6.15. The molecule has 4 heteroatoms. The van der Waals surface area contributed by atoms with E-state index in [-0.39, 0.29) is 17.1 Å². The molecule has 1 aliphatic heterocycles. The molecule has 3 rings (SSSR count). The van der Waals surface area contributed by atoms with Crippen LogP contribution in [0.2, 0.25) is 0 Å². The van der Waals surface area contributed by atoms with Crippen LogP contribution in [0.25, 0.3) is 0 Å². The molecular formula is C27H35NO3. The number of nitrogen functional groups attached to an aromatic ring is 1. The summed E-state index contributed by atoms with van der Waals surface area (Å²) in [7, 11) is 0. The Morgan fingerprint density at radius 2 is 1.81 bits per heavy atom. The normalized spacial score (nSPS) is 20.5. The SMILES string of the molecule is CCC[C@@]1(CCc2ccccc2)CC(O)=C([C@H](c2cccc(N)c2)C(C)(C)C)C(=O)O1. The molecule has 3 N–H and O–H groups in total. The van der Waals surface area contributed by atoms with E-state index in [1.165, 1.54) is 5.56 Å². The molecule has 1 aliphatic rings. The van der Waals surface area contributed by atoms with Gasteiger partial charge in [-0.1, -0.05) is 76.6 Å². The van der Waals surface area contributed by atoms with Crippen LogP contribution in [0.3, 0.4) is 0 Å². The van der Waals surface area contributed by atoms with Gasteiger partial charge in [-0.25, -0.2) is 4.79 Å². The first kappa shape index (κ1) is 22.9. The van der Waals surface area contributed by atoms with E-state index in [1.807, 2.05) is 42.5 Å². The molecule has 2 aromatic carbocycles. The lowest BCUT2D eigenvalue weighted by atomic mass is 9.70. The number of benzene rings is 2. The zero-order valence-electron chi connectivity index (χ0n) is 19.2. The standard InChI is InChI=1S/C27H35NO3/c1-5-15-27(16-14-19-10-7-6-8-11-19)18-22(29)23(25(30)31-27)24(26(2,3)4)20-12-9-13-21(28)17-20/h6-13,17,24,29H,5,14-16,18,28H2,1-4H3/t24-,27+/m0/s1. The van der Waals surface area contributed by atoms with Gasteiger partial charge in [0.1, 0.15) is 11.4 Å². The van der Waals surface area contributed by atoms with Crippen LogP contribution in [0.15, 0.2) is 65.9 Å². The van der Waals surface area contributed by atoms with Crippen LogP contribution in [0.5, 0.6) is 0 Å². The number of cyclic esters (lactones) is 1. The molecule has 166 valence electrons. The number of aliphatic hydroxyl groups excluding tert-OH is 1. The van der Waals surface area contributed by atoms with Crippen molar-refractivity contribution in [2.75, 3.05) is 5.73 Å². The van der Waals surface area contributed by atoms with Crippen molar-refractivity contribution in [1.29, 1.82) is 0 Å². The first-order valence-electron chi connectivity index (χ1n) is 11.2. The van der Waals surface area contributed by atoms with Crippen LogP contribution in [0.1, 0.15) is 70.4 Å². The lowest BCUT2D eigenvalue weighted by Gasteiger charge is -2.41. The fraction of sp³-hybridized carbons (Fsp3) is 0.444. The molecule has 4 nitrogen and oxygen atoms in total. The Morgan fingerprint density at radius 1 is 1.10 bits per heavy atom. The topological polar surface area (TPSA) is 72.5 Å². The number of aryl methyl sites for hydroxylation is 1. The lowest BCUT2D eigenvalue weighted by Crippen LogP contribution is -2.43. The van der Waals surface area contributed by atoms with Gasteiger partial charge in [0.15, 0.2) is 0 Å². The van der Waals surface area contributed by atoms with Crippen molar-refractivity contribution in [3.8, 4) is 0 Å². The molecule has 0 saturated carbocycles. The van der Waals surface area contributed by atoms with Gasteiger partial charge < -0.3 is 15.6 Å². The second-order valence-electron chi connectivity index (χ2n) is 9.81. The van der Waals surface area contributed by atoms with E-state index >= 15 is 0 Å². The molecule has 0 fully saturated rings. The number of anilines is 1. The minimum atomic E-state index is -0.673. The van der Waals surface area contributed by atoms with E-state index in [2.05, 4.69) is 39.8 Å². The Kier molecular flexibility index (Phi) is 6.78. The number of rotatable bonds is 7. The monoisotopic (exact) mass is 421 g/mol. The van der Waals surface area contributed by atoms with Crippen LogP contribution >= 0.6 is 0 Å². The highest BCUT2D eigenvalue weighted by Gasteiger charge is 2.45. The van der Waals surface area contributed by atoms with Crippen molar-refractivity contribution in [3.63, 3.8) is 0 Å². The summed E-state index contributed by atoms with van der Waals surface area (Å²) >= 11 is 0. The van der Waals surface area contributed by atoms with Crippen LogP contribution in [0.4, 0.5) is 5.69 Å². The maximum atomic E-state index is 13.4. The van der Waals surface area contributed by atoms with E-state index in [4.69, 9.17) is 10.5 Å². The summed E-state index contributed by atoms with van der Waals surface area (Å²) in [4.78, 5) is 13.4. The molecule has 0 bridgehead atoms. The number of aliphatic hydroxyl groups is 1. The number of hydrogen-bond acceptors (Lipinski definition) is 4. The van der Waals surface area contributed by atoms with Gasteiger partial charge in [-0.2, -0.15) is 0 Å². The van der Waals surface area contributed by atoms with Crippen LogP contribution in [-0.2, 0) is 16.0 Å². The molecule has 0 spiro atoms. The van der Waals surface area contributed by atoms with Crippen molar-refractivity contribution < 1.29 is 14.6 Å². The van der Waals surface area contributed by atoms with Gasteiger partial charge >= 0.3 is 5.97 Å². The number of hydrogen-bond donors (Lipinski definition) is 2. The third-order valence-corrected chi connectivity index (χ3v) is 6.15. The Morgan fingerprint density at radius 3 is 2.39 bits per heavy atom. The Hall–Kier alpha value is -2.75. The van der Waals surface area contributed by atoms with Gasteiger partial charge in [-0.05, 0) is 47.9 Å². The predicted octanol–water partition coefficient (Wildman–Crippen LogP) is 6.33. The average molecular weight is 422 g/mol. The molecule has 0 amide bonds. The summed E-state index contributed by atoms with van der Waals surface area (Å²) in [5.41, 5.74) is 8.17. The summed E-state index contributed by atoms with van der Waals surface area (Å²) in [6, 6.07) is 17.8. The molecular weight excluding hydrogens is 386 g/mol. The number of esters is 1. The van der Waals surface area contributed by atoms with Crippen molar-refractivity contribution in [1.82, 2.24) is 0 Å². The quantitative estimate of drug-likeness (QED) is 0.405. The Bertz CT molecular complexity index is 942. The number of carbonyl (C=O) groups excluding carboxylic acids is 1.